The van der Waals surface area contributed by atoms with E-state index in [4.69, 9.17) is 0 Å². The zero-order valence-electron chi connectivity index (χ0n) is 14.2. The molecule has 0 saturated heterocycles. The van der Waals surface area contributed by atoms with Gasteiger partial charge in [-0.2, -0.15) is 5.10 Å². The van der Waals surface area contributed by atoms with Crippen molar-refractivity contribution in [3.63, 3.8) is 0 Å². The summed E-state index contributed by atoms with van der Waals surface area (Å²) in [5, 5.41) is 19.0. The highest BCUT2D eigenvalue weighted by Crippen LogP contribution is 2.31. The number of phenols is 1. The fourth-order valence-electron chi connectivity index (χ4n) is 2.42. The Morgan fingerprint density at radius 3 is 2.79 bits per heavy atom. The first-order valence-electron chi connectivity index (χ1n) is 8.03. The minimum absolute atomic E-state index is 0.131. The number of aromatic nitrogens is 2. The van der Waals surface area contributed by atoms with Crippen LogP contribution in [-0.2, 0) is 0 Å². The Labute approximate surface area is 185 Å². The van der Waals surface area contributed by atoms with Crippen molar-refractivity contribution < 1.29 is 5.11 Å². The van der Waals surface area contributed by atoms with Gasteiger partial charge in [-0.1, -0.05) is 22.0 Å². The Kier molecular flexibility index (Phi) is 5.86. The number of thiophene rings is 1. The first-order valence-corrected chi connectivity index (χ1v) is 11.4. The van der Waals surface area contributed by atoms with E-state index < -0.39 is 0 Å². The fraction of sp³-hybridized carbons (Fsp3) is 0. The van der Waals surface area contributed by atoms with E-state index in [9.17, 15) is 5.11 Å². The van der Waals surface area contributed by atoms with Crippen LogP contribution in [0, 0.1) is 0 Å². The Morgan fingerprint density at radius 2 is 2.04 bits per heavy atom. The van der Waals surface area contributed by atoms with Gasteiger partial charge in [-0.15, -0.1) is 22.7 Å². The van der Waals surface area contributed by atoms with E-state index in [1.54, 1.807) is 46.8 Å². The molecule has 9 heteroatoms. The van der Waals surface area contributed by atoms with Gasteiger partial charge in [0.2, 0.25) is 4.80 Å². The summed E-state index contributed by atoms with van der Waals surface area (Å²) in [7, 11) is 0. The minimum atomic E-state index is 0.131. The van der Waals surface area contributed by atoms with Gasteiger partial charge in [0.25, 0.3) is 0 Å². The second-order valence-corrected chi connectivity index (χ2v) is 9.14. The number of benzene rings is 1. The van der Waals surface area contributed by atoms with Crippen LogP contribution in [0.15, 0.2) is 78.6 Å². The van der Waals surface area contributed by atoms with Crippen molar-refractivity contribution in [2.75, 3.05) is 0 Å². The van der Waals surface area contributed by atoms with E-state index in [0.29, 0.717) is 14.8 Å². The molecule has 0 atom stereocenters. The molecule has 28 heavy (non-hydrogen) atoms. The van der Waals surface area contributed by atoms with Crippen molar-refractivity contribution in [2.45, 2.75) is 0 Å². The maximum atomic E-state index is 10.3. The average Bonchev–Trinajstić information content (AvgIpc) is 3.34. The van der Waals surface area contributed by atoms with E-state index in [0.717, 1.165) is 20.7 Å². The fourth-order valence-corrected chi connectivity index (χ4v) is 5.33. The van der Waals surface area contributed by atoms with Crippen molar-refractivity contribution in [1.29, 1.82) is 0 Å². The quantitative estimate of drug-likeness (QED) is 0.325. The van der Waals surface area contributed by atoms with Crippen LogP contribution >= 0.6 is 54.5 Å². The van der Waals surface area contributed by atoms with Gasteiger partial charge in [0.1, 0.15) is 5.75 Å². The molecule has 0 saturated carbocycles. The molecule has 0 unspecified atom stereocenters. The van der Waals surface area contributed by atoms with Crippen LogP contribution in [0.1, 0.15) is 5.56 Å². The predicted octanol–water partition coefficient (Wildman–Crippen LogP) is 6.02. The van der Waals surface area contributed by atoms with Gasteiger partial charge in [0.05, 0.1) is 33.1 Å². The second kappa shape index (κ2) is 8.52. The Hall–Kier alpha value is -2.07. The molecule has 5 nitrogen and oxygen atoms in total. The molecule has 0 aliphatic heterocycles. The number of hydrogen-bond acceptors (Lipinski definition) is 6. The van der Waals surface area contributed by atoms with Crippen molar-refractivity contribution in [3.8, 4) is 16.3 Å². The highest BCUT2D eigenvalue weighted by molar-refractivity contribution is 9.11. The molecular formula is C19H12Br2N4OS2. The third kappa shape index (κ3) is 4.17. The van der Waals surface area contributed by atoms with Crippen LogP contribution < -0.4 is 4.80 Å². The van der Waals surface area contributed by atoms with Gasteiger partial charge in [0, 0.05) is 21.6 Å². The molecule has 1 N–H and O–H groups in total. The van der Waals surface area contributed by atoms with Crippen molar-refractivity contribution in [2.24, 2.45) is 10.1 Å². The topological polar surface area (TPSA) is 62.8 Å². The smallest absolute Gasteiger partial charge is 0.211 e. The summed E-state index contributed by atoms with van der Waals surface area (Å²) in [6.07, 6.45) is 5.04. The Morgan fingerprint density at radius 1 is 1.14 bits per heavy atom. The third-order valence-corrected chi connectivity index (χ3v) is 6.47. The SMILES string of the molecule is Oc1c(Br)cc(Br)cc1C=Nn1c(-c2cccs2)csc1=Nc1cccnc1. The molecule has 140 valence electrons. The molecule has 0 radical (unpaired) electrons. The van der Waals surface area contributed by atoms with Crippen LogP contribution in [0.25, 0.3) is 10.6 Å². The summed E-state index contributed by atoms with van der Waals surface area (Å²) < 4.78 is 3.21. The van der Waals surface area contributed by atoms with Gasteiger partial charge < -0.3 is 5.11 Å². The third-order valence-electron chi connectivity index (χ3n) is 3.70. The zero-order chi connectivity index (χ0) is 19.5. The molecule has 0 bridgehead atoms. The summed E-state index contributed by atoms with van der Waals surface area (Å²) in [5.74, 6) is 0.131. The van der Waals surface area contributed by atoms with Crippen LogP contribution in [0.5, 0.6) is 5.75 Å². The Bertz CT molecular complexity index is 1200. The number of nitrogens with zero attached hydrogens (tertiary/aromatic N) is 4. The summed E-state index contributed by atoms with van der Waals surface area (Å²) in [6.45, 7) is 0. The van der Waals surface area contributed by atoms with Gasteiger partial charge >= 0.3 is 0 Å². The molecule has 3 heterocycles. The highest BCUT2D eigenvalue weighted by Gasteiger charge is 2.10. The maximum Gasteiger partial charge on any atom is 0.211 e. The first kappa shape index (κ1) is 19.3. The number of halogens is 2. The monoisotopic (exact) mass is 534 g/mol. The van der Waals surface area contributed by atoms with E-state index in [2.05, 4.69) is 46.9 Å². The lowest BCUT2D eigenvalue weighted by atomic mass is 10.2. The van der Waals surface area contributed by atoms with E-state index in [-0.39, 0.29) is 5.75 Å². The first-order chi connectivity index (χ1) is 13.6. The second-order valence-electron chi connectivity index (χ2n) is 5.59. The predicted molar refractivity (Wildman–Crippen MR) is 122 cm³/mol. The number of hydrogen-bond donors (Lipinski definition) is 1. The number of phenolic OH excluding ortho intramolecular Hbond substituents is 1. The standard InChI is InChI=1S/C19H12Br2N4OS2/c20-13-7-12(18(26)15(21)8-13)9-23-25-16(17-4-2-6-27-17)11-28-19(25)24-14-3-1-5-22-10-14/h1-11,26H. The number of rotatable bonds is 4. The van der Waals surface area contributed by atoms with E-state index in [1.165, 1.54) is 11.3 Å². The molecule has 4 aromatic rings. The summed E-state index contributed by atoms with van der Waals surface area (Å²) >= 11 is 9.92. The maximum absolute atomic E-state index is 10.3. The summed E-state index contributed by atoms with van der Waals surface area (Å²) in [4.78, 5) is 10.6. The van der Waals surface area contributed by atoms with Gasteiger partial charge in [-0.3, -0.25) is 4.98 Å². The largest absolute Gasteiger partial charge is 0.506 e. The number of aromatic hydroxyl groups is 1. The van der Waals surface area contributed by atoms with E-state index >= 15 is 0 Å². The average molecular weight is 536 g/mol. The van der Waals surface area contributed by atoms with Crippen LogP contribution in [-0.4, -0.2) is 21.0 Å². The van der Waals surface area contributed by atoms with E-state index in [1.807, 2.05) is 35.0 Å². The van der Waals surface area contributed by atoms with Crippen molar-refractivity contribution in [1.82, 2.24) is 9.66 Å². The minimum Gasteiger partial charge on any atom is -0.506 e. The molecule has 0 fully saturated rings. The molecule has 1 aromatic carbocycles. The van der Waals surface area contributed by atoms with Crippen molar-refractivity contribution in [3.05, 3.63) is 78.9 Å². The lowest BCUT2D eigenvalue weighted by molar-refractivity contribution is 0.471. The molecule has 4 rings (SSSR count). The normalized spacial score (nSPS) is 12.1. The summed E-state index contributed by atoms with van der Waals surface area (Å²) in [6, 6.07) is 11.4. The van der Waals surface area contributed by atoms with Crippen LogP contribution in [0.3, 0.4) is 0 Å². The molecular weight excluding hydrogens is 524 g/mol. The number of thiazole rings is 1. The molecule has 0 aliphatic carbocycles. The van der Waals surface area contributed by atoms with Crippen LogP contribution in [0.2, 0.25) is 0 Å². The van der Waals surface area contributed by atoms with Crippen LogP contribution in [0.4, 0.5) is 5.69 Å². The molecule has 0 amide bonds. The van der Waals surface area contributed by atoms with Crippen molar-refractivity contribution >= 4 is 66.4 Å². The highest BCUT2D eigenvalue weighted by atomic mass is 79.9. The molecule has 0 aliphatic rings. The molecule has 0 spiro atoms. The number of pyridine rings is 1. The Balaban J connectivity index is 1.85. The lowest BCUT2D eigenvalue weighted by Crippen LogP contribution is -2.11. The lowest BCUT2D eigenvalue weighted by Gasteiger charge is -2.04. The van der Waals surface area contributed by atoms with Gasteiger partial charge in [0.15, 0.2) is 0 Å². The molecule has 3 aromatic heterocycles. The van der Waals surface area contributed by atoms with Gasteiger partial charge in [-0.05, 0) is 51.6 Å². The van der Waals surface area contributed by atoms with Gasteiger partial charge in [-0.25, -0.2) is 9.67 Å². The zero-order valence-corrected chi connectivity index (χ0v) is 19.0. The summed E-state index contributed by atoms with van der Waals surface area (Å²) in [5.41, 5.74) is 2.27.